The average Bonchev–Trinajstić information content (AvgIpc) is 2.94. The maximum absolute atomic E-state index is 11.8. The molecule has 0 aromatic carbocycles. The van der Waals surface area contributed by atoms with Crippen LogP contribution in [0.15, 0.2) is 16.7 Å². The number of amides is 1. The third-order valence-corrected chi connectivity index (χ3v) is 3.78. The highest BCUT2D eigenvalue weighted by Gasteiger charge is 2.22. The monoisotopic (exact) mass is 266 g/mol. The summed E-state index contributed by atoms with van der Waals surface area (Å²) >= 11 is 0. The van der Waals surface area contributed by atoms with Crippen molar-refractivity contribution in [3.05, 3.63) is 23.7 Å². The van der Waals surface area contributed by atoms with Crippen LogP contribution in [0.4, 0.5) is 0 Å². The van der Waals surface area contributed by atoms with Gasteiger partial charge in [-0.25, -0.2) is 0 Å². The van der Waals surface area contributed by atoms with Crippen LogP contribution in [0.2, 0.25) is 0 Å². The van der Waals surface area contributed by atoms with Gasteiger partial charge < -0.3 is 20.6 Å². The molecule has 0 spiro atoms. The maximum Gasteiger partial charge on any atom is 0.254 e. The molecular weight excluding hydrogens is 244 g/mol. The lowest BCUT2D eigenvalue weighted by atomic mass is 9.85. The number of furan rings is 1. The first-order valence-electron chi connectivity index (χ1n) is 6.94. The van der Waals surface area contributed by atoms with Crippen LogP contribution in [0.1, 0.15) is 48.2 Å². The van der Waals surface area contributed by atoms with E-state index in [9.17, 15) is 9.90 Å². The summed E-state index contributed by atoms with van der Waals surface area (Å²) in [5.74, 6) is 0.675. The average molecular weight is 266 g/mol. The molecule has 0 saturated heterocycles. The Kier molecular flexibility index (Phi) is 4.99. The summed E-state index contributed by atoms with van der Waals surface area (Å²) in [5, 5.41) is 12.8. The Morgan fingerprint density at radius 3 is 2.84 bits per heavy atom. The lowest BCUT2D eigenvalue weighted by Gasteiger charge is -2.26. The molecule has 1 heterocycles. The summed E-state index contributed by atoms with van der Waals surface area (Å²) < 4.78 is 5.11. The highest BCUT2D eigenvalue weighted by atomic mass is 16.3. The molecule has 0 aliphatic heterocycles. The largest absolute Gasteiger partial charge is 0.467 e. The lowest BCUT2D eigenvalue weighted by molar-refractivity contribution is 0.0738. The van der Waals surface area contributed by atoms with Crippen LogP contribution in [0.5, 0.6) is 0 Å². The fourth-order valence-corrected chi connectivity index (χ4v) is 2.59. The molecule has 4 N–H and O–H groups in total. The van der Waals surface area contributed by atoms with Crippen molar-refractivity contribution in [3.63, 3.8) is 0 Å². The first kappa shape index (κ1) is 14.1. The topological polar surface area (TPSA) is 88.5 Å². The third kappa shape index (κ3) is 3.81. The second-order valence-electron chi connectivity index (χ2n) is 5.18. The van der Waals surface area contributed by atoms with E-state index < -0.39 is 6.10 Å². The lowest BCUT2D eigenvalue weighted by Crippen LogP contribution is -2.36. The second-order valence-corrected chi connectivity index (χ2v) is 5.18. The van der Waals surface area contributed by atoms with Gasteiger partial charge >= 0.3 is 0 Å². The summed E-state index contributed by atoms with van der Waals surface area (Å²) in [6, 6.07) is 1.63. The molecule has 1 fully saturated rings. The zero-order valence-electron chi connectivity index (χ0n) is 11.1. The molecule has 2 rings (SSSR count). The van der Waals surface area contributed by atoms with Gasteiger partial charge in [-0.3, -0.25) is 4.79 Å². The molecule has 1 aromatic rings. The first-order chi connectivity index (χ1) is 9.20. The Morgan fingerprint density at radius 1 is 1.47 bits per heavy atom. The Morgan fingerprint density at radius 2 is 2.21 bits per heavy atom. The molecule has 1 aliphatic carbocycles. The maximum atomic E-state index is 11.8. The first-order valence-corrected chi connectivity index (χ1v) is 6.94. The zero-order chi connectivity index (χ0) is 13.7. The molecule has 1 saturated carbocycles. The van der Waals surface area contributed by atoms with Gasteiger partial charge in [-0.05, 0) is 24.8 Å². The zero-order valence-corrected chi connectivity index (χ0v) is 11.1. The fraction of sp³-hybridized carbons (Fsp3) is 0.643. The van der Waals surface area contributed by atoms with Crippen LogP contribution in [-0.2, 0) is 6.54 Å². The van der Waals surface area contributed by atoms with E-state index in [4.69, 9.17) is 10.2 Å². The molecular formula is C14H22N2O3. The fourth-order valence-electron chi connectivity index (χ4n) is 2.59. The van der Waals surface area contributed by atoms with Gasteiger partial charge in [-0.1, -0.05) is 19.3 Å². The normalized spacial score (nSPS) is 18.2. The molecule has 1 aliphatic rings. The van der Waals surface area contributed by atoms with Gasteiger partial charge in [0, 0.05) is 6.54 Å². The van der Waals surface area contributed by atoms with Gasteiger partial charge in [0.1, 0.15) is 12.0 Å². The van der Waals surface area contributed by atoms with E-state index in [0.29, 0.717) is 23.8 Å². The SMILES string of the molecule is NCc1cc(C(=O)NCC(O)C2CCCCC2)co1. The Balaban J connectivity index is 1.79. The van der Waals surface area contributed by atoms with Gasteiger partial charge in [0.15, 0.2) is 0 Å². The summed E-state index contributed by atoms with van der Waals surface area (Å²) in [6.07, 6.45) is 6.66. The van der Waals surface area contributed by atoms with Crippen molar-refractivity contribution < 1.29 is 14.3 Å². The molecule has 5 nitrogen and oxygen atoms in total. The van der Waals surface area contributed by atoms with Crippen LogP contribution >= 0.6 is 0 Å². The molecule has 1 amide bonds. The van der Waals surface area contributed by atoms with Gasteiger partial charge in [0.25, 0.3) is 5.91 Å². The van der Waals surface area contributed by atoms with Crippen molar-refractivity contribution in [2.45, 2.75) is 44.8 Å². The number of rotatable bonds is 5. The smallest absolute Gasteiger partial charge is 0.254 e. The molecule has 19 heavy (non-hydrogen) atoms. The standard InChI is InChI=1S/C14H22N2O3/c15-7-12-6-11(9-19-12)14(18)16-8-13(17)10-4-2-1-3-5-10/h6,9-10,13,17H,1-5,7-8,15H2,(H,16,18). The summed E-state index contributed by atoms with van der Waals surface area (Å²) in [7, 11) is 0. The number of nitrogens with one attached hydrogen (secondary N) is 1. The summed E-state index contributed by atoms with van der Waals surface area (Å²) in [6.45, 7) is 0.574. The van der Waals surface area contributed by atoms with E-state index in [-0.39, 0.29) is 12.5 Å². The minimum atomic E-state index is -0.454. The predicted octanol–water partition coefficient (Wildman–Crippen LogP) is 1.41. The number of carbonyl (C=O) groups is 1. The molecule has 0 radical (unpaired) electrons. The minimum Gasteiger partial charge on any atom is -0.467 e. The number of carbonyl (C=O) groups excluding carboxylic acids is 1. The van der Waals surface area contributed by atoms with Gasteiger partial charge in [0.2, 0.25) is 0 Å². The van der Waals surface area contributed by atoms with Crippen LogP contribution in [0.25, 0.3) is 0 Å². The van der Waals surface area contributed by atoms with Crippen LogP contribution in [-0.4, -0.2) is 23.7 Å². The van der Waals surface area contributed by atoms with E-state index >= 15 is 0 Å². The van der Waals surface area contributed by atoms with E-state index in [2.05, 4.69) is 5.32 Å². The van der Waals surface area contributed by atoms with E-state index in [0.717, 1.165) is 12.8 Å². The third-order valence-electron chi connectivity index (χ3n) is 3.78. The van der Waals surface area contributed by atoms with Crippen molar-refractivity contribution in [1.29, 1.82) is 0 Å². The highest BCUT2D eigenvalue weighted by molar-refractivity contribution is 5.93. The molecule has 1 aromatic heterocycles. The van der Waals surface area contributed by atoms with E-state index in [1.54, 1.807) is 6.07 Å². The Hall–Kier alpha value is -1.33. The Bertz CT molecular complexity index is 411. The number of aliphatic hydroxyl groups is 1. The van der Waals surface area contributed by atoms with E-state index in [1.807, 2.05) is 0 Å². The summed E-state index contributed by atoms with van der Waals surface area (Å²) in [5.41, 5.74) is 5.87. The van der Waals surface area contributed by atoms with Crippen LogP contribution in [0.3, 0.4) is 0 Å². The predicted molar refractivity (Wildman–Crippen MR) is 71.5 cm³/mol. The molecule has 106 valence electrons. The summed E-state index contributed by atoms with van der Waals surface area (Å²) in [4.78, 5) is 11.8. The van der Waals surface area contributed by atoms with Crippen LogP contribution in [0, 0.1) is 5.92 Å². The Labute approximate surface area is 113 Å². The van der Waals surface area contributed by atoms with Gasteiger partial charge in [0.05, 0.1) is 18.2 Å². The minimum absolute atomic E-state index is 0.224. The van der Waals surface area contributed by atoms with Gasteiger partial charge in [-0.2, -0.15) is 0 Å². The molecule has 5 heteroatoms. The van der Waals surface area contributed by atoms with Crippen LogP contribution < -0.4 is 11.1 Å². The second kappa shape index (κ2) is 6.73. The number of hydrogen-bond acceptors (Lipinski definition) is 4. The van der Waals surface area contributed by atoms with E-state index in [1.165, 1.54) is 25.5 Å². The highest BCUT2D eigenvalue weighted by Crippen LogP contribution is 2.26. The number of aliphatic hydroxyl groups excluding tert-OH is 1. The van der Waals surface area contributed by atoms with Crippen molar-refractivity contribution in [2.24, 2.45) is 11.7 Å². The van der Waals surface area contributed by atoms with Crippen molar-refractivity contribution in [1.82, 2.24) is 5.32 Å². The number of nitrogens with two attached hydrogens (primary N) is 1. The molecule has 0 bridgehead atoms. The van der Waals surface area contributed by atoms with Crippen molar-refractivity contribution >= 4 is 5.91 Å². The van der Waals surface area contributed by atoms with Gasteiger partial charge in [-0.15, -0.1) is 0 Å². The molecule has 1 unspecified atom stereocenters. The van der Waals surface area contributed by atoms with Crippen molar-refractivity contribution in [3.8, 4) is 0 Å². The molecule has 1 atom stereocenters. The van der Waals surface area contributed by atoms with Crippen molar-refractivity contribution in [2.75, 3.05) is 6.54 Å². The quantitative estimate of drug-likeness (QED) is 0.751. The number of hydrogen-bond donors (Lipinski definition) is 3.